The molecule has 138 heavy (non-hydrogen) atoms. The third-order valence-electron chi connectivity index (χ3n) is 25.6. The molecular formula is C102H140N10O24S2. The number of benzene rings is 5. The molecule has 34 nitrogen and oxygen atoms in total. The van der Waals surface area contributed by atoms with Crippen LogP contribution in [0.4, 0.5) is 21.0 Å². The van der Waals surface area contributed by atoms with Gasteiger partial charge in [0.25, 0.3) is 23.6 Å². The maximum Gasteiger partial charge on any atom is 0.410 e. The van der Waals surface area contributed by atoms with Crippen molar-refractivity contribution in [2.24, 2.45) is 53.1 Å². The van der Waals surface area contributed by atoms with Crippen molar-refractivity contribution in [3.05, 3.63) is 153 Å². The number of ketones is 3. The Morgan fingerprint density at radius 2 is 1.18 bits per heavy atom. The topological polar surface area (TPSA) is 416 Å². The number of thioether (sulfide) groups is 2. The van der Waals surface area contributed by atoms with E-state index in [1.165, 1.54) is 26.2 Å². The second kappa shape index (κ2) is 55.4. The number of hydrogen-bond acceptors (Lipinski definition) is 26. The van der Waals surface area contributed by atoms with Gasteiger partial charge in [-0.15, -0.1) is 0 Å². The third-order valence-corrected chi connectivity index (χ3v) is 27.9. The molecular weight excluding hydrogens is 1810 g/mol. The number of nitrogens with one attached hydrogen (secondary N) is 3. The zero-order valence-corrected chi connectivity index (χ0v) is 83.8. The number of likely N-dealkylation sites (tertiary alicyclic amines) is 1. The standard InChI is InChI=1S/C102H140N10O24S2/c1-16-66(8)90(85(128-14)60-87(117)111-41-21-25-80(111)92(129-15)68(10)81(113)56-67(9)91(118)70-22-18-17-19-23-70)107(11)98(122)78(63(2)3)59-83(115)89(65(6)7)108(12)102(126)136-61-69-26-32-74(33-27-69)105-95(119)73(24-20-40-104-101(103)125)57-82(114)88(64(4)5)106-86(116)62-134-53-52-132-50-51-133-54-55-135-75-34-39-79(84(58-75)127-13)112-99(123)93(137-76-35-28-71(29-36-76)96(120)109-42-46-130-47-43-109)94(100(112)124)138-77-37-30-72(31-38-77)97(121)110-44-48-131-49-45-110/h17-19,22-23,26-39,58,63-68,73,78,80,85,88-92,118H,16,20-21,24-25,40-57,59-62H2,1-15H3,(H,105,119)(H,106,116)(H3,103,104,125)/t66?,67-,68-,73+,78-,80-,85+,88-,89-,90-,91+,92+/m0/s1. The van der Waals surface area contributed by atoms with E-state index in [0.29, 0.717) is 116 Å². The van der Waals surface area contributed by atoms with Gasteiger partial charge in [-0.1, -0.05) is 142 Å². The molecule has 3 saturated heterocycles. The van der Waals surface area contributed by atoms with Gasteiger partial charge >= 0.3 is 12.1 Å². The number of primary amides is 1. The van der Waals surface area contributed by atoms with Crippen LogP contribution in [-0.4, -0.2) is 290 Å². The van der Waals surface area contributed by atoms with Gasteiger partial charge in [0.05, 0.1) is 131 Å². The quantitative estimate of drug-likeness (QED) is 0.0178. The molecule has 12 atom stereocenters. The predicted molar refractivity (Wildman–Crippen MR) is 521 cm³/mol. The van der Waals surface area contributed by atoms with Gasteiger partial charge in [-0.05, 0) is 139 Å². The Hall–Kier alpha value is -10.7. The molecule has 5 aromatic carbocycles. The number of urea groups is 1. The summed E-state index contributed by atoms with van der Waals surface area (Å²) in [7, 11) is 7.63. The molecule has 4 aliphatic rings. The Balaban J connectivity index is 0.700. The molecule has 4 aliphatic heterocycles. The molecule has 3 fully saturated rings. The molecule has 754 valence electrons. The van der Waals surface area contributed by atoms with Crippen LogP contribution < -0.4 is 36.1 Å². The first kappa shape index (κ1) is 111. The Morgan fingerprint density at radius 1 is 0.609 bits per heavy atom. The molecule has 0 saturated carbocycles. The normalized spacial score (nSPS) is 17.1. The van der Waals surface area contributed by atoms with Gasteiger partial charge in [0.1, 0.15) is 37.1 Å². The number of imide groups is 1. The van der Waals surface area contributed by atoms with Crippen molar-refractivity contribution in [3.63, 3.8) is 0 Å². The molecule has 11 amide bonds. The fraction of sp³-hybridized carbons (Fsp3) is 0.559. The number of Topliss-reactive ketones (excluding diaryl/α,β-unsaturated/α-hetero) is 3. The first-order valence-electron chi connectivity index (χ1n) is 47.6. The number of ether oxygens (including phenoxy) is 10. The van der Waals surface area contributed by atoms with Crippen LogP contribution in [0.2, 0.25) is 0 Å². The van der Waals surface area contributed by atoms with Crippen LogP contribution in [0.1, 0.15) is 165 Å². The lowest BCUT2D eigenvalue weighted by molar-refractivity contribution is -0.149. The van der Waals surface area contributed by atoms with Crippen LogP contribution in [0.25, 0.3) is 0 Å². The molecule has 0 bridgehead atoms. The van der Waals surface area contributed by atoms with Crippen molar-refractivity contribution < 1.29 is 115 Å². The second-order valence-corrected chi connectivity index (χ2v) is 38.5. The summed E-state index contributed by atoms with van der Waals surface area (Å²) in [5.74, 6) is -7.34. The summed E-state index contributed by atoms with van der Waals surface area (Å²) in [6, 6.07) is 30.4. The van der Waals surface area contributed by atoms with Crippen LogP contribution in [0.5, 0.6) is 11.5 Å². The van der Waals surface area contributed by atoms with Crippen LogP contribution in [-0.2, 0) is 87.7 Å². The highest BCUT2D eigenvalue weighted by atomic mass is 32.2. The average Bonchev–Trinajstić information content (AvgIpc) is 1.61. The fourth-order valence-electron chi connectivity index (χ4n) is 17.7. The number of carbonyl (C=O) groups excluding carboxylic acids is 13. The lowest BCUT2D eigenvalue weighted by Crippen LogP contribution is -2.54. The van der Waals surface area contributed by atoms with Gasteiger partial charge in [0, 0.05) is 137 Å². The van der Waals surface area contributed by atoms with E-state index >= 15 is 0 Å². The molecule has 0 radical (unpaired) electrons. The van der Waals surface area contributed by atoms with E-state index in [0.717, 1.165) is 34.0 Å². The number of nitrogens with two attached hydrogens (primary N) is 1. The largest absolute Gasteiger partial charge is 0.494 e. The van der Waals surface area contributed by atoms with Crippen molar-refractivity contribution in [2.75, 3.05) is 158 Å². The molecule has 0 spiro atoms. The summed E-state index contributed by atoms with van der Waals surface area (Å²) in [6.07, 6.45) is -1.05. The first-order valence-corrected chi connectivity index (χ1v) is 49.2. The summed E-state index contributed by atoms with van der Waals surface area (Å²) < 4.78 is 57.6. The Labute approximate surface area is 818 Å². The zero-order chi connectivity index (χ0) is 100. The van der Waals surface area contributed by atoms with Crippen molar-refractivity contribution in [2.45, 2.75) is 186 Å². The monoisotopic (exact) mass is 1950 g/mol. The van der Waals surface area contributed by atoms with Gasteiger partial charge in [0.2, 0.25) is 23.6 Å². The Kier molecular flexibility index (Phi) is 44.5. The summed E-state index contributed by atoms with van der Waals surface area (Å²) in [4.78, 5) is 192. The number of aliphatic hydroxyl groups is 1. The van der Waals surface area contributed by atoms with Gasteiger partial charge in [0.15, 0.2) is 11.6 Å². The zero-order valence-electron chi connectivity index (χ0n) is 82.2. The van der Waals surface area contributed by atoms with Crippen molar-refractivity contribution in [1.82, 2.24) is 35.1 Å². The fourth-order valence-corrected chi connectivity index (χ4v) is 19.6. The van der Waals surface area contributed by atoms with Crippen molar-refractivity contribution in [3.8, 4) is 11.5 Å². The maximum atomic E-state index is 15.0. The molecule has 0 aromatic heterocycles. The number of carbonyl (C=O) groups is 13. The summed E-state index contributed by atoms with van der Waals surface area (Å²) in [5, 5.41) is 19.2. The van der Waals surface area contributed by atoms with E-state index in [-0.39, 0.29) is 166 Å². The number of hydrogen-bond donors (Lipinski definition) is 5. The Morgan fingerprint density at radius 3 is 1.71 bits per heavy atom. The van der Waals surface area contributed by atoms with Crippen molar-refractivity contribution >= 4 is 112 Å². The minimum absolute atomic E-state index is 0.0272. The van der Waals surface area contributed by atoms with Gasteiger partial charge in [-0.25, -0.2) is 14.5 Å². The number of morpholine rings is 2. The Bertz CT molecular complexity index is 4820. The molecule has 5 aromatic rings. The van der Waals surface area contributed by atoms with Gasteiger partial charge in [-0.2, -0.15) is 0 Å². The maximum absolute atomic E-state index is 15.0. The number of anilines is 2. The first-order chi connectivity index (χ1) is 66.1. The average molecular weight is 1950 g/mol. The highest BCUT2D eigenvalue weighted by Crippen LogP contribution is 2.47. The second-order valence-electron chi connectivity index (χ2n) is 36.4. The predicted octanol–water partition coefficient (Wildman–Crippen LogP) is 11.6. The summed E-state index contributed by atoms with van der Waals surface area (Å²) >= 11 is 2.19. The number of rotatable bonds is 55. The molecule has 0 aliphatic carbocycles. The van der Waals surface area contributed by atoms with Gasteiger partial charge in [-0.3, -0.25) is 52.7 Å². The smallest absolute Gasteiger partial charge is 0.410 e. The van der Waals surface area contributed by atoms with E-state index in [4.69, 9.17) is 53.1 Å². The summed E-state index contributed by atoms with van der Waals surface area (Å²) in [6.45, 7) is 22.9. The highest BCUT2D eigenvalue weighted by molar-refractivity contribution is 8.08. The molecule has 6 N–H and O–H groups in total. The number of amides is 11. The SMILES string of the molecule is CCC(C)[C@@H]([C@@H](CC(=O)N1CCC[C@H]1[C@H](OC)[C@@H](C)C(=O)C[C@H](C)[C@@H](O)c1ccccc1)OC)N(C)C(=O)[C@@H](CC(=O)[C@H](C(C)C)N(C)C(=O)OCc1ccc(NC(=O)[C@H](CCCNC(N)=O)CC(=O)[C@@H](NC(=O)COCCOCCOCCOc2ccc(N3C(=O)C(Sc4ccc(C(=O)N5CCOCC5)cc4)=C(Sc4ccc(C(=O)N5CCOCC5)cc4)C3=O)c(OC)c2)C(C)C)cc1)C(C)C. The third kappa shape index (κ3) is 31.4. The van der Waals surface area contributed by atoms with E-state index < -0.39 is 120 Å². The molecule has 9 rings (SSSR count). The lowest BCUT2D eigenvalue weighted by atomic mass is 9.83. The highest BCUT2D eigenvalue weighted by Gasteiger charge is 2.46. The van der Waals surface area contributed by atoms with Crippen molar-refractivity contribution in [1.29, 1.82) is 0 Å². The number of nitrogens with zero attached hydrogens (tertiary/aromatic N) is 6. The van der Waals surface area contributed by atoms with Crippen LogP contribution >= 0.6 is 23.5 Å². The van der Waals surface area contributed by atoms with E-state index in [1.54, 1.807) is 152 Å². The molecule has 4 heterocycles. The van der Waals surface area contributed by atoms with Crippen LogP contribution in [0, 0.1) is 47.3 Å². The number of likely N-dealkylation sites (N-methyl/N-ethyl adjacent to an activating group) is 2. The molecule has 1 unspecified atom stereocenters. The van der Waals surface area contributed by atoms with E-state index in [2.05, 4.69) is 16.0 Å². The summed E-state index contributed by atoms with van der Waals surface area (Å²) in [5.41, 5.74) is 8.07. The van der Waals surface area contributed by atoms with E-state index in [9.17, 15) is 67.4 Å². The minimum Gasteiger partial charge on any atom is -0.494 e. The van der Waals surface area contributed by atoms with Gasteiger partial charge < -0.3 is 98.7 Å². The minimum atomic E-state index is -1.00. The van der Waals surface area contributed by atoms with E-state index in [1.807, 2.05) is 71.9 Å². The molecule has 36 heteroatoms. The van der Waals surface area contributed by atoms with Crippen LogP contribution in [0.15, 0.2) is 141 Å². The lowest BCUT2D eigenvalue weighted by Gasteiger charge is -2.41. The number of methoxy groups -OCH3 is 3. The number of aliphatic hydroxyl groups excluding tert-OH is 1. The van der Waals surface area contributed by atoms with Crippen LogP contribution in [0.3, 0.4) is 0 Å².